The first kappa shape index (κ1) is 25.7. The summed E-state index contributed by atoms with van der Waals surface area (Å²) in [6, 6.07) is 15.2. The lowest BCUT2D eigenvalue weighted by molar-refractivity contribution is -0.118. The minimum atomic E-state index is -0.275. The van der Waals surface area contributed by atoms with Crippen LogP contribution in [0.4, 0.5) is 0 Å². The van der Waals surface area contributed by atoms with Gasteiger partial charge >= 0.3 is 0 Å². The van der Waals surface area contributed by atoms with Crippen molar-refractivity contribution in [2.45, 2.75) is 50.6 Å². The van der Waals surface area contributed by atoms with Gasteiger partial charge in [0.05, 0.1) is 23.0 Å². The maximum atomic E-state index is 13.8. The van der Waals surface area contributed by atoms with E-state index in [0.717, 1.165) is 41.6 Å². The molecule has 6 nitrogen and oxygen atoms in total. The minimum absolute atomic E-state index is 0.0697. The maximum absolute atomic E-state index is 13.8. The number of thiophene rings is 1. The molecule has 1 amide bonds. The largest absolute Gasteiger partial charge is 0.272 e. The van der Waals surface area contributed by atoms with Gasteiger partial charge < -0.3 is 0 Å². The monoisotopic (exact) mass is 550 g/mol. The Morgan fingerprint density at radius 1 is 1.16 bits per heavy atom. The van der Waals surface area contributed by atoms with Crippen LogP contribution in [0.15, 0.2) is 63.6 Å². The van der Waals surface area contributed by atoms with Crippen LogP contribution in [0.3, 0.4) is 0 Å². The van der Waals surface area contributed by atoms with Gasteiger partial charge in [0.25, 0.3) is 11.5 Å². The predicted octanol–water partition coefficient (Wildman–Crippen LogP) is 6.35. The fourth-order valence-electron chi connectivity index (χ4n) is 4.41. The molecule has 0 fully saturated rings. The number of fused-ring (bicyclic) bond motifs is 3. The average Bonchev–Trinajstić information content (AvgIpc) is 3.27. The van der Waals surface area contributed by atoms with E-state index in [9.17, 15) is 9.59 Å². The third kappa shape index (κ3) is 5.66. The van der Waals surface area contributed by atoms with Crippen LogP contribution in [0.1, 0.15) is 54.2 Å². The van der Waals surface area contributed by atoms with E-state index in [1.807, 2.05) is 12.1 Å². The fraction of sp³-hybridized carbons (Fsp3) is 0.286. The number of hydrogen-bond acceptors (Lipinski definition) is 6. The quantitative estimate of drug-likeness (QED) is 0.126. The standard InChI is InChI=1S/C28H27ClN4O2S2/c1-17(2)19-9-7-18(8-10-19)15-30-32-24(34)16-36-28-31-26-25(22-5-3-4-6-23(22)37-26)27(35)33(28)21-13-11-20(29)12-14-21/h7-15,17H,3-6,16H2,1-2H3,(H,32,34). The van der Waals surface area contributed by atoms with Crippen molar-refractivity contribution in [1.29, 1.82) is 0 Å². The smallest absolute Gasteiger partial charge is 0.267 e. The van der Waals surface area contributed by atoms with Crippen LogP contribution >= 0.6 is 34.7 Å². The number of rotatable bonds is 7. The number of aromatic nitrogens is 2. The summed E-state index contributed by atoms with van der Waals surface area (Å²) in [7, 11) is 0. The fourth-order valence-corrected chi connectivity index (χ4v) is 6.64. The highest BCUT2D eigenvalue weighted by Gasteiger charge is 2.23. The molecule has 2 aromatic carbocycles. The molecule has 4 aromatic rings. The Morgan fingerprint density at radius 3 is 2.62 bits per heavy atom. The number of amides is 1. The van der Waals surface area contributed by atoms with Gasteiger partial charge in [-0.2, -0.15) is 5.10 Å². The zero-order valence-electron chi connectivity index (χ0n) is 20.7. The second kappa shape index (κ2) is 11.2. The van der Waals surface area contributed by atoms with E-state index in [1.54, 1.807) is 46.4 Å². The second-order valence-corrected chi connectivity index (χ2v) is 11.8. The molecule has 1 aliphatic carbocycles. The predicted molar refractivity (Wildman–Crippen MR) is 154 cm³/mol. The molecule has 0 radical (unpaired) electrons. The van der Waals surface area contributed by atoms with Gasteiger partial charge in [-0.25, -0.2) is 10.4 Å². The van der Waals surface area contributed by atoms with Gasteiger partial charge in [-0.15, -0.1) is 11.3 Å². The van der Waals surface area contributed by atoms with Crippen LogP contribution in [0, 0.1) is 0 Å². The molecule has 0 unspecified atom stereocenters. The summed E-state index contributed by atoms with van der Waals surface area (Å²) in [5.74, 6) is 0.253. The van der Waals surface area contributed by atoms with Crippen LogP contribution in [0.25, 0.3) is 15.9 Å². The normalized spacial score (nSPS) is 13.4. The molecule has 0 spiro atoms. The number of carbonyl (C=O) groups is 1. The van der Waals surface area contributed by atoms with Gasteiger partial charge in [-0.05, 0) is 72.6 Å². The SMILES string of the molecule is CC(C)c1ccc(C=NNC(=O)CSc2nc3sc4c(c3c(=O)n2-c2ccc(Cl)cc2)CCCC4)cc1. The van der Waals surface area contributed by atoms with Crippen LogP contribution in [0.2, 0.25) is 5.02 Å². The highest BCUT2D eigenvalue weighted by Crippen LogP contribution is 2.35. The molecule has 2 heterocycles. The Bertz CT molecular complexity index is 1520. The number of carbonyl (C=O) groups excluding carboxylic acids is 1. The average molecular weight is 551 g/mol. The van der Waals surface area contributed by atoms with Gasteiger partial charge in [-0.3, -0.25) is 14.2 Å². The summed E-state index contributed by atoms with van der Waals surface area (Å²) in [5.41, 5.74) is 6.44. The van der Waals surface area contributed by atoms with E-state index in [-0.39, 0.29) is 17.2 Å². The first-order valence-electron chi connectivity index (χ1n) is 12.3. The highest BCUT2D eigenvalue weighted by atomic mass is 35.5. The Balaban J connectivity index is 1.38. The van der Waals surface area contributed by atoms with Gasteiger partial charge in [-0.1, -0.05) is 61.5 Å². The van der Waals surface area contributed by atoms with Crippen molar-refractivity contribution >= 4 is 57.0 Å². The minimum Gasteiger partial charge on any atom is -0.272 e. The van der Waals surface area contributed by atoms with E-state index in [1.165, 1.54) is 22.2 Å². The molecule has 0 atom stereocenters. The highest BCUT2D eigenvalue weighted by molar-refractivity contribution is 7.99. The van der Waals surface area contributed by atoms with Crippen LogP contribution in [-0.2, 0) is 17.6 Å². The first-order valence-corrected chi connectivity index (χ1v) is 14.5. The summed E-state index contributed by atoms with van der Waals surface area (Å²) in [4.78, 5) is 33.2. The Hall–Kier alpha value is -2.94. The molecular weight excluding hydrogens is 524 g/mol. The number of halogens is 1. The van der Waals surface area contributed by atoms with Crippen molar-refractivity contribution < 1.29 is 4.79 Å². The number of nitrogens with zero attached hydrogens (tertiary/aromatic N) is 3. The van der Waals surface area contributed by atoms with Crippen molar-refractivity contribution in [3.05, 3.63) is 85.5 Å². The van der Waals surface area contributed by atoms with E-state index < -0.39 is 0 Å². The maximum Gasteiger partial charge on any atom is 0.267 e. The topological polar surface area (TPSA) is 76.3 Å². The lowest BCUT2D eigenvalue weighted by Crippen LogP contribution is -2.24. The van der Waals surface area contributed by atoms with E-state index >= 15 is 0 Å². The van der Waals surface area contributed by atoms with Gasteiger partial charge in [0.2, 0.25) is 0 Å². The molecule has 190 valence electrons. The zero-order chi connectivity index (χ0) is 25.9. The molecule has 1 N–H and O–H groups in total. The molecule has 5 rings (SSSR count). The summed E-state index contributed by atoms with van der Waals surface area (Å²) < 4.78 is 1.60. The van der Waals surface area contributed by atoms with Crippen molar-refractivity contribution in [3.63, 3.8) is 0 Å². The van der Waals surface area contributed by atoms with E-state index in [2.05, 4.69) is 36.5 Å². The Labute approximate surface area is 228 Å². The molecule has 0 saturated heterocycles. The summed E-state index contributed by atoms with van der Waals surface area (Å²) in [6.07, 6.45) is 5.73. The Morgan fingerprint density at radius 2 is 1.89 bits per heavy atom. The molecule has 0 saturated carbocycles. The van der Waals surface area contributed by atoms with Crippen molar-refractivity contribution in [2.24, 2.45) is 5.10 Å². The summed E-state index contributed by atoms with van der Waals surface area (Å²) in [5, 5.41) is 5.86. The number of thioether (sulfide) groups is 1. The number of benzene rings is 2. The van der Waals surface area contributed by atoms with Crippen LogP contribution < -0.4 is 11.0 Å². The lowest BCUT2D eigenvalue weighted by Gasteiger charge is -2.13. The molecular formula is C28H27ClN4O2S2. The third-order valence-corrected chi connectivity index (χ3v) is 8.76. The van der Waals surface area contributed by atoms with Crippen LogP contribution in [0.5, 0.6) is 0 Å². The third-order valence-electron chi connectivity index (χ3n) is 6.38. The number of nitrogens with one attached hydrogen (secondary N) is 1. The van der Waals surface area contributed by atoms with Gasteiger partial charge in [0.1, 0.15) is 4.83 Å². The Kier molecular flexibility index (Phi) is 7.79. The van der Waals surface area contributed by atoms with Crippen molar-refractivity contribution in [3.8, 4) is 5.69 Å². The molecule has 1 aliphatic rings. The zero-order valence-corrected chi connectivity index (χ0v) is 23.1. The van der Waals surface area contributed by atoms with E-state index in [0.29, 0.717) is 27.2 Å². The van der Waals surface area contributed by atoms with Gasteiger partial charge in [0, 0.05) is 9.90 Å². The molecule has 2 aromatic heterocycles. The molecule has 37 heavy (non-hydrogen) atoms. The molecule has 0 bridgehead atoms. The summed E-state index contributed by atoms with van der Waals surface area (Å²) in [6.45, 7) is 4.29. The molecule has 0 aliphatic heterocycles. The lowest BCUT2D eigenvalue weighted by atomic mass is 9.97. The van der Waals surface area contributed by atoms with Gasteiger partial charge in [0.15, 0.2) is 5.16 Å². The summed E-state index contributed by atoms with van der Waals surface area (Å²) >= 11 is 8.92. The van der Waals surface area contributed by atoms with Crippen molar-refractivity contribution in [2.75, 3.05) is 5.75 Å². The first-order chi connectivity index (χ1) is 17.9. The van der Waals surface area contributed by atoms with Crippen molar-refractivity contribution in [1.82, 2.24) is 15.0 Å². The number of hydrazone groups is 1. The number of hydrogen-bond donors (Lipinski definition) is 1. The number of aryl methyl sites for hydroxylation is 2. The van der Waals surface area contributed by atoms with E-state index in [4.69, 9.17) is 16.6 Å². The second-order valence-electron chi connectivity index (χ2n) is 9.31. The molecule has 9 heteroatoms. The van der Waals surface area contributed by atoms with Crippen LogP contribution in [-0.4, -0.2) is 27.4 Å².